The maximum Gasteiger partial charge on any atom is 0.104 e. The number of nitrogens with zero attached hydrogens (tertiary/aromatic N) is 1. The van der Waals surface area contributed by atoms with Crippen molar-refractivity contribution >= 4 is 6.08 Å². The zero-order valence-electron chi connectivity index (χ0n) is 9.87. The van der Waals surface area contributed by atoms with Gasteiger partial charge in [-0.05, 0) is 40.9 Å². The largest absolute Gasteiger partial charge is 0.469 e. The molecule has 0 saturated carbocycles. The van der Waals surface area contributed by atoms with Gasteiger partial charge in [-0.1, -0.05) is 24.3 Å². The van der Waals surface area contributed by atoms with Crippen molar-refractivity contribution in [1.29, 1.82) is 0 Å². The molecule has 0 atom stereocenters. The van der Waals surface area contributed by atoms with Crippen LogP contribution in [0.15, 0.2) is 58.5 Å². The molecule has 18 heavy (non-hydrogen) atoms. The Kier molecular flexibility index (Phi) is 5.54. The molecule has 0 aliphatic heterocycles. The van der Waals surface area contributed by atoms with Crippen LogP contribution in [-0.4, -0.2) is 5.48 Å². The second-order valence-corrected chi connectivity index (χ2v) is 3.74. The van der Waals surface area contributed by atoms with Crippen molar-refractivity contribution in [2.45, 2.75) is 12.8 Å². The number of furan rings is 1. The SMILES string of the molecule is O.O=N/C=C/c1ccc(CCc2ccco2)cc1. The van der Waals surface area contributed by atoms with Crippen LogP contribution >= 0.6 is 0 Å². The van der Waals surface area contributed by atoms with E-state index in [1.165, 1.54) is 11.8 Å². The van der Waals surface area contributed by atoms with Gasteiger partial charge in [0.25, 0.3) is 0 Å². The van der Waals surface area contributed by atoms with Gasteiger partial charge in [0.1, 0.15) is 5.76 Å². The predicted molar refractivity (Wildman–Crippen MR) is 71.0 cm³/mol. The van der Waals surface area contributed by atoms with Crippen molar-refractivity contribution < 1.29 is 9.89 Å². The van der Waals surface area contributed by atoms with Crippen LogP contribution in [0.1, 0.15) is 16.9 Å². The van der Waals surface area contributed by atoms with Crippen molar-refractivity contribution in [2.75, 3.05) is 0 Å². The van der Waals surface area contributed by atoms with Crippen molar-refractivity contribution in [2.24, 2.45) is 5.18 Å². The average Bonchev–Trinajstić information content (AvgIpc) is 2.88. The summed E-state index contributed by atoms with van der Waals surface area (Å²) in [6, 6.07) is 11.9. The summed E-state index contributed by atoms with van der Waals surface area (Å²) in [5.74, 6) is 0.999. The maximum atomic E-state index is 9.93. The fourth-order valence-corrected chi connectivity index (χ4v) is 1.63. The first-order chi connectivity index (χ1) is 8.38. The summed E-state index contributed by atoms with van der Waals surface area (Å²) in [5, 5.41) is 2.68. The summed E-state index contributed by atoms with van der Waals surface area (Å²) in [6.45, 7) is 0. The Balaban J connectivity index is 0.00000162. The van der Waals surface area contributed by atoms with Crippen LogP contribution in [0, 0.1) is 4.91 Å². The number of nitroso groups, excluding NO2 is 1. The first-order valence-electron chi connectivity index (χ1n) is 5.49. The number of rotatable bonds is 5. The Hall–Kier alpha value is -2.20. The molecule has 1 aromatic heterocycles. The molecule has 0 saturated heterocycles. The molecular formula is C14H15NO3. The third-order valence-electron chi connectivity index (χ3n) is 2.55. The van der Waals surface area contributed by atoms with Crippen LogP contribution in [0.4, 0.5) is 0 Å². The lowest BCUT2D eigenvalue weighted by Crippen LogP contribution is -1.89. The van der Waals surface area contributed by atoms with Gasteiger partial charge in [0.15, 0.2) is 0 Å². The van der Waals surface area contributed by atoms with Gasteiger partial charge in [0, 0.05) is 6.42 Å². The summed E-state index contributed by atoms with van der Waals surface area (Å²) in [4.78, 5) is 9.93. The van der Waals surface area contributed by atoms with Gasteiger partial charge in [-0.2, -0.15) is 0 Å². The second-order valence-electron chi connectivity index (χ2n) is 3.74. The molecule has 4 nitrogen and oxygen atoms in total. The third kappa shape index (κ3) is 3.99. The highest BCUT2D eigenvalue weighted by atomic mass is 16.3. The van der Waals surface area contributed by atoms with Crippen LogP contribution < -0.4 is 0 Å². The molecule has 0 unspecified atom stereocenters. The van der Waals surface area contributed by atoms with Gasteiger partial charge < -0.3 is 9.89 Å². The van der Waals surface area contributed by atoms with Crippen molar-refractivity contribution in [3.8, 4) is 0 Å². The fraction of sp³-hybridized carbons (Fsp3) is 0.143. The summed E-state index contributed by atoms with van der Waals surface area (Å²) < 4.78 is 5.27. The zero-order chi connectivity index (χ0) is 11.9. The molecule has 0 spiro atoms. The molecule has 2 rings (SSSR count). The monoisotopic (exact) mass is 245 g/mol. The van der Waals surface area contributed by atoms with Crippen molar-refractivity contribution in [3.05, 3.63) is 70.7 Å². The molecule has 1 heterocycles. The van der Waals surface area contributed by atoms with Crippen LogP contribution in [0.25, 0.3) is 6.08 Å². The van der Waals surface area contributed by atoms with E-state index in [0.29, 0.717) is 0 Å². The predicted octanol–water partition coefficient (Wildman–Crippen LogP) is 2.98. The average molecular weight is 245 g/mol. The Labute approximate surface area is 105 Å². The number of hydrogen-bond acceptors (Lipinski definition) is 3. The lowest BCUT2D eigenvalue weighted by atomic mass is 10.1. The van der Waals surface area contributed by atoms with E-state index in [-0.39, 0.29) is 5.48 Å². The van der Waals surface area contributed by atoms with Crippen molar-refractivity contribution in [3.63, 3.8) is 0 Å². The topological polar surface area (TPSA) is 74.1 Å². The maximum absolute atomic E-state index is 9.93. The van der Waals surface area contributed by atoms with E-state index in [4.69, 9.17) is 4.42 Å². The smallest absolute Gasteiger partial charge is 0.104 e. The van der Waals surface area contributed by atoms with Crippen LogP contribution in [0.3, 0.4) is 0 Å². The van der Waals surface area contributed by atoms with Gasteiger partial charge in [0.2, 0.25) is 0 Å². The molecule has 0 radical (unpaired) electrons. The van der Waals surface area contributed by atoms with E-state index in [1.807, 2.05) is 36.4 Å². The highest BCUT2D eigenvalue weighted by molar-refractivity contribution is 5.49. The van der Waals surface area contributed by atoms with Crippen LogP contribution in [0.5, 0.6) is 0 Å². The van der Waals surface area contributed by atoms with E-state index in [2.05, 4.69) is 5.18 Å². The highest BCUT2D eigenvalue weighted by Crippen LogP contribution is 2.10. The Bertz CT molecular complexity index is 486. The third-order valence-corrected chi connectivity index (χ3v) is 2.55. The number of hydrogen-bond donors (Lipinski definition) is 0. The number of aryl methyl sites for hydroxylation is 2. The molecule has 1 aromatic carbocycles. The van der Waals surface area contributed by atoms with Gasteiger partial charge in [0.05, 0.1) is 12.5 Å². The van der Waals surface area contributed by atoms with Gasteiger partial charge in [-0.3, -0.25) is 0 Å². The number of benzene rings is 1. The first kappa shape index (κ1) is 13.9. The summed E-state index contributed by atoms with van der Waals surface area (Å²) in [5.41, 5.74) is 2.23. The molecule has 0 aliphatic rings. The normalized spacial score (nSPS) is 10.2. The van der Waals surface area contributed by atoms with E-state index in [0.717, 1.165) is 24.2 Å². The molecule has 0 aliphatic carbocycles. The second kappa shape index (κ2) is 7.19. The van der Waals surface area contributed by atoms with E-state index in [1.54, 1.807) is 12.3 Å². The molecule has 2 aromatic rings. The van der Waals surface area contributed by atoms with Gasteiger partial charge in [-0.15, -0.1) is 4.91 Å². The quantitative estimate of drug-likeness (QED) is 0.759. The van der Waals surface area contributed by atoms with Crippen LogP contribution in [-0.2, 0) is 12.8 Å². The summed E-state index contributed by atoms with van der Waals surface area (Å²) in [7, 11) is 0. The Morgan fingerprint density at radius 2 is 1.89 bits per heavy atom. The molecule has 4 heteroatoms. The molecule has 2 N–H and O–H groups in total. The van der Waals surface area contributed by atoms with Crippen LogP contribution in [0.2, 0.25) is 0 Å². The van der Waals surface area contributed by atoms with E-state index in [9.17, 15) is 4.91 Å². The molecule has 94 valence electrons. The highest BCUT2D eigenvalue weighted by Gasteiger charge is 1.97. The van der Waals surface area contributed by atoms with E-state index < -0.39 is 0 Å². The minimum Gasteiger partial charge on any atom is -0.469 e. The minimum atomic E-state index is 0. The minimum absolute atomic E-state index is 0. The lowest BCUT2D eigenvalue weighted by molar-refractivity contribution is 0.508. The van der Waals surface area contributed by atoms with Crippen molar-refractivity contribution in [1.82, 2.24) is 0 Å². The standard InChI is InChI=1S/C14H13NO2.H2O/c16-15-10-9-13-5-3-12(4-6-13)7-8-14-2-1-11-17-14;/h1-6,9-11H,7-8H2;1H2/b10-9+;. The van der Waals surface area contributed by atoms with E-state index >= 15 is 0 Å². The molecule has 0 amide bonds. The van der Waals surface area contributed by atoms with Gasteiger partial charge >= 0.3 is 0 Å². The first-order valence-corrected chi connectivity index (χ1v) is 5.49. The molecular weight excluding hydrogens is 230 g/mol. The Morgan fingerprint density at radius 3 is 2.50 bits per heavy atom. The fourth-order valence-electron chi connectivity index (χ4n) is 1.63. The Morgan fingerprint density at radius 1 is 1.11 bits per heavy atom. The van der Waals surface area contributed by atoms with Gasteiger partial charge in [-0.25, -0.2) is 0 Å². The lowest BCUT2D eigenvalue weighted by Gasteiger charge is -2.00. The molecule has 0 bridgehead atoms. The summed E-state index contributed by atoms with van der Waals surface area (Å²) in [6.07, 6.45) is 6.47. The zero-order valence-corrected chi connectivity index (χ0v) is 9.87. The summed E-state index contributed by atoms with van der Waals surface area (Å²) >= 11 is 0. The molecule has 0 fully saturated rings.